The van der Waals surface area contributed by atoms with E-state index in [1.165, 1.54) is 0 Å². The molecule has 0 spiro atoms. The molecule has 2 rings (SSSR count). The zero-order chi connectivity index (χ0) is 10.1. The topological polar surface area (TPSA) is 53.1 Å². The Balaban J connectivity index is 2.46. The lowest BCUT2D eigenvalue weighted by Crippen LogP contribution is -1.99. The number of rotatable bonds is 2. The zero-order valence-electron chi connectivity index (χ0n) is 7.25. The predicted molar refractivity (Wildman–Crippen MR) is 57.3 cm³/mol. The first-order valence-electron chi connectivity index (χ1n) is 4.14. The molecule has 1 heterocycles. The molecule has 1 aromatic carbocycles. The van der Waals surface area contributed by atoms with Gasteiger partial charge in [0.2, 0.25) is 0 Å². The summed E-state index contributed by atoms with van der Waals surface area (Å²) in [7, 11) is 0. The number of fused-ring (bicyclic) bond motifs is 1. The van der Waals surface area contributed by atoms with E-state index in [0.29, 0.717) is 0 Å². The van der Waals surface area contributed by atoms with Gasteiger partial charge in [0.1, 0.15) is 0 Å². The van der Waals surface area contributed by atoms with Crippen molar-refractivity contribution in [3.63, 3.8) is 0 Å². The number of carboxylic acid groups (broad SMARTS) is 1. The highest BCUT2D eigenvalue weighted by Crippen LogP contribution is 2.20. The summed E-state index contributed by atoms with van der Waals surface area (Å²) in [4.78, 5) is 13.5. The molecule has 2 aromatic rings. The Morgan fingerprint density at radius 1 is 1.43 bits per heavy atom. The van der Waals surface area contributed by atoms with Crippen molar-refractivity contribution >= 4 is 32.8 Å². The Bertz CT molecular complexity index is 490. The third-order valence-corrected chi connectivity index (χ3v) is 2.48. The van der Waals surface area contributed by atoms with Crippen LogP contribution in [0.2, 0.25) is 0 Å². The first-order chi connectivity index (χ1) is 6.65. The summed E-state index contributed by atoms with van der Waals surface area (Å²) in [6.07, 6.45) is 0.0340. The first-order valence-corrected chi connectivity index (χ1v) is 4.93. The van der Waals surface area contributed by atoms with E-state index < -0.39 is 5.97 Å². The second kappa shape index (κ2) is 3.46. The maximum atomic E-state index is 10.5. The Kier molecular flexibility index (Phi) is 2.29. The second-order valence-corrected chi connectivity index (χ2v) is 4.01. The summed E-state index contributed by atoms with van der Waals surface area (Å²) in [6.45, 7) is 0. The molecule has 0 saturated carbocycles. The molecule has 0 atom stereocenters. The van der Waals surface area contributed by atoms with Gasteiger partial charge in [-0.25, -0.2) is 0 Å². The third-order valence-electron chi connectivity index (χ3n) is 1.98. The average molecular weight is 254 g/mol. The Labute approximate surface area is 88.9 Å². The molecule has 0 aliphatic heterocycles. The van der Waals surface area contributed by atoms with E-state index in [4.69, 9.17) is 5.11 Å². The van der Waals surface area contributed by atoms with Crippen molar-refractivity contribution in [1.29, 1.82) is 0 Å². The molecule has 72 valence electrons. The van der Waals surface area contributed by atoms with Crippen LogP contribution in [0.25, 0.3) is 10.9 Å². The van der Waals surface area contributed by atoms with Crippen LogP contribution in [-0.2, 0) is 11.2 Å². The van der Waals surface area contributed by atoms with E-state index >= 15 is 0 Å². The van der Waals surface area contributed by atoms with Gasteiger partial charge in [0.15, 0.2) is 0 Å². The van der Waals surface area contributed by atoms with Gasteiger partial charge in [0, 0.05) is 15.7 Å². The smallest absolute Gasteiger partial charge is 0.309 e. The summed E-state index contributed by atoms with van der Waals surface area (Å²) in [5, 5.41) is 9.65. The summed E-state index contributed by atoms with van der Waals surface area (Å²) >= 11 is 3.36. The van der Waals surface area contributed by atoms with E-state index in [-0.39, 0.29) is 6.42 Å². The van der Waals surface area contributed by atoms with E-state index in [1.807, 2.05) is 24.3 Å². The minimum atomic E-state index is -0.823. The molecule has 2 N–H and O–H groups in total. The van der Waals surface area contributed by atoms with Crippen LogP contribution in [0.5, 0.6) is 0 Å². The number of aromatic nitrogens is 1. The van der Waals surface area contributed by atoms with Gasteiger partial charge in [-0.1, -0.05) is 22.0 Å². The van der Waals surface area contributed by atoms with E-state index in [9.17, 15) is 4.79 Å². The van der Waals surface area contributed by atoms with Crippen molar-refractivity contribution in [2.75, 3.05) is 0 Å². The van der Waals surface area contributed by atoms with Gasteiger partial charge in [-0.05, 0) is 23.6 Å². The number of halogens is 1. The Morgan fingerprint density at radius 3 is 2.93 bits per heavy atom. The normalized spacial score (nSPS) is 10.6. The number of nitrogens with one attached hydrogen (secondary N) is 1. The molecule has 0 unspecified atom stereocenters. The van der Waals surface area contributed by atoms with Crippen LogP contribution < -0.4 is 0 Å². The van der Waals surface area contributed by atoms with Crippen LogP contribution >= 0.6 is 15.9 Å². The van der Waals surface area contributed by atoms with Crippen molar-refractivity contribution in [2.24, 2.45) is 0 Å². The number of carbonyl (C=O) groups is 1. The predicted octanol–water partition coefficient (Wildman–Crippen LogP) is 2.56. The molecule has 0 aliphatic carbocycles. The molecule has 0 aliphatic rings. The van der Waals surface area contributed by atoms with Gasteiger partial charge < -0.3 is 10.1 Å². The number of hydrogen-bond donors (Lipinski definition) is 2. The van der Waals surface area contributed by atoms with Crippen molar-refractivity contribution in [3.05, 3.63) is 34.4 Å². The third kappa shape index (κ3) is 1.80. The highest BCUT2D eigenvalue weighted by atomic mass is 79.9. The van der Waals surface area contributed by atoms with Crippen molar-refractivity contribution in [3.8, 4) is 0 Å². The molecule has 0 saturated heterocycles. The SMILES string of the molecule is O=C(O)Cc1cc2ccc(Br)cc2[nH]1. The van der Waals surface area contributed by atoms with Gasteiger partial charge in [0.05, 0.1) is 6.42 Å². The molecule has 4 heteroatoms. The minimum Gasteiger partial charge on any atom is -0.481 e. The van der Waals surface area contributed by atoms with Crippen LogP contribution in [-0.4, -0.2) is 16.1 Å². The van der Waals surface area contributed by atoms with Crippen molar-refractivity contribution in [1.82, 2.24) is 4.98 Å². The van der Waals surface area contributed by atoms with Gasteiger partial charge in [0.25, 0.3) is 0 Å². The van der Waals surface area contributed by atoms with Crippen LogP contribution in [0.3, 0.4) is 0 Å². The van der Waals surface area contributed by atoms with E-state index in [2.05, 4.69) is 20.9 Å². The lowest BCUT2D eigenvalue weighted by Gasteiger charge is -1.90. The molecule has 0 radical (unpaired) electrons. The number of carboxylic acids is 1. The molecule has 14 heavy (non-hydrogen) atoms. The number of benzene rings is 1. The molecular formula is C10H8BrNO2. The number of aliphatic carboxylic acids is 1. The maximum Gasteiger partial charge on any atom is 0.309 e. The molecule has 0 amide bonds. The fraction of sp³-hybridized carbons (Fsp3) is 0.100. The molecule has 0 fully saturated rings. The highest BCUT2D eigenvalue weighted by molar-refractivity contribution is 9.10. The fourth-order valence-corrected chi connectivity index (χ4v) is 1.78. The second-order valence-electron chi connectivity index (χ2n) is 3.10. The molecular weight excluding hydrogens is 246 g/mol. The number of H-pyrrole nitrogens is 1. The molecule has 1 aromatic heterocycles. The zero-order valence-corrected chi connectivity index (χ0v) is 8.84. The molecule has 0 bridgehead atoms. The van der Waals surface area contributed by atoms with Gasteiger partial charge >= 0.3 is 5.97 Å². The standard InChI is InChI=1S/C10H8BrNO2/c11-7-2-1-6-3-8(5-10(13)14)12-9(6)4-7/h1-4,12H,5H2,(H,13,14). The number of hydrogen-bond acceptors (Lipinski definition) is 1. The van der Waals surface area contributed by atoms with Crippen molar-refractivity contribution < 1.29 is 9.90 Å². The van der Waals surface area contributed by atoms with Gasteiger partial charge in [-0.15, -0.1) is 0 Å². The highest BCUT2D eigenvalue weighted by Gasteiger charge is 2.04. The Morgan fingerprint density at radius 2 is 2.21 bits per heavy atom. The largest absolute Gasteiger partial charge is 0.481 e. The summed E-state index contributed by atoms with van der Waals surface area (Å²) in [5.41, 5.74) is 1.68. The summed E-state index contributed by atoms with van der Waals surface area (Å²) in [6, 6.07) is 7.67. The quantitative estimate of drug-likeness (QED) is 0.865. The van der Waals surface area contributed by atoms with E-state index in [0.717, 1.165) is 21.1 Å². The van der Waals surface area contributed by atoms with Gasteiger partial charge in [-0.2, -0.15) is 0 Å². The minimum absolute atomic E-state index is 0.0340. The lowest BCUT2D eigenvalue weighted by atomic mass is 10.2. The summed E-state index contributed by atoms with van der Waals surface area (Å²) < 4.78 is 0.980. The van der Waals surface area contributed by atoms with Crippen LogP contribution in [0.15, 0.2) is 28.7 Å². The van der Waals surface area contributed by atoms with Crippen molar-refractivity contribution in [2.45, 2.75) is 6.42 Å². The van der Waals surface area contributed by atoms with Gasteiger partial charge in [-0.3, -0.25) is 4.79 Å². The van der Waals surface area contributed by atoms with Crippen LogP contribution in [0.1, 0.15) is 5.69 Å². The lowest BCUT2D eigenvalue weighted by molar-refractivity contribution is -0.136. The monoisotopic (exact) mass is 253 g/mol. The summed E-state index contributed by atoms with van der Waals surface area (Å²) in [5.74, 6) is -0.823. The van der Waals surface area contributed by atoms with Crippen LogP contribution in [0.4, 0.5) is 0 Å². The number of aromatic amines is 1. The average Bonchev–Trinajstić information content (AvgIpc) is 2.44. The maximum absolute atomic E-state index is 10.5. The fourth-order valence-electron chi connectivity index (χ4n) is 1.42. The Hall–Kier alpha value is -1.29. The molecule has 3 nitrogen and oxygen atoms in total. The van der Waals surface area contributed by atoms with E-state index in [1.54, 1.807) is 0 Å². The first kappa shape index (κ1) is 9.27. The van der Waals surface area contributed by atoms with Crippen LogP contribution in [0, 0.1) is 0 Å².